The van der Waals surface area contributed by atoms with Gasteiger partial charge in [0, 0.05) is 55.3 Å². The van der Waals surface area contributed by atoms with Gasteiger partial charge in [-0.2, -0.15) is 0 Å². The van der Waals surface area contributed by atoms with Crippen molar-refractivity contribution in [1.82, 2.24) is 0 Å². The van der Waals surface area contributed by atoms with Crippen molar-refractivity contribution in [3.8, 4) is 0 Å². The number of carbonyl (C=O) groups is 1. The normalized spacial score (nSPS) is 46.0. The number of hydrogen-bond donors (Lipinski definition) is 2. The molecular formula is C42H61NO7. The number of rotatable bonds is 1. The molecule has 11 unspecified atom stereocenters. The van der Waals surface area contributed by atoms with Crippen LogP contribution < -0.4 is 0 Å². The Morgan fingerprint density at radius 2 is 1.72 bits per heavy atom. The van der Waals surface area contributed by atoms with E-state index < -0.39 is 23.3 Å². The molecule has 0 radical (unpaired) electrons. The van der Waals surface area contributed by atoms with Crippen LogP contribution in [0.1, 0.15) is 131 Å². The fraction of sp³-hybridized carbons (Fsp3) is 0.762. The Morgan fingerprint density at radius 3 is 2.48 bits per heavy atom. The molecular weight excluding hydrogens is 630 g/mol. The SMILES string of the molecule is C=C1CCCC2=NCC(C)C(C)CC23CCC(C2OC(=O)C=C2C)=C(C)C3C=C(C)C(O)CC2CCC3(CCC4(OC(CCC4(C)O)C1)O3)O2. The predicted octanol–water partition coefficient (Wildman–Crippen LogP) is 7.83. The second-order valence-corrected chi connectivity index (χ2v) is 17.6. The smallest absolute Gasteiger partial charge is 0.331 e. The van der Waals surface area contributed by atoms with Gasteiger partial charge in [-0.1, -0.05) is 37.6 Å². The molecule has 2 N–H and O–H groups in total. The van der Waals surface area contributed by atoms with Gasteiger partial charge in [0.25, 0.3) is 0 Å². The van der Waals surface area contributed by atoms with E-state index in [9.17, 15) is 15.0 Å². The number of ether oxygens (including phenoxy) is 4. The van der Waals surface area contributed by atoms with Crippen LogP contribution in [-0.4, -0.2) is 70.0 Å². The number of nitrogens with zero attached hydrogens (tertiary/aromatic N) is 1. The number of carbonyl (C=O) groups excluding carboxylic acids is 1. The zero-order valence-corrected chi connectivity index (χ0v) is 31.4. The van der Waals surface area contributed by atoms with Crippen molar-refractivity contribution in [3.05, 3.63) is 46.6 Å². The maximum Gasteiger partial charge on any atom is 0.331 e. The lowest BCUT2D eigenvalue weighted by molar-refractivity contribution is -0.387. The molecule has 6 heterocycles. The lowest BCUT2D eigenvalue weighted by atomic mass is 9.56. The zero-order valence-electron chi connectivity index (χ0n) is 31.4. The second kappa shape index (κ2) is 13.4. The molecule has 3 spiro atoms. The molecule has 8 nitrogen and oxygen atoms in total. The Labute approximate surface area is 299 Å². The van der Waals surface area contributed by atoms with Crippen LogP contribution in [0.15, 0.2) is 51.6 Å². The molecule has 8 heteroatoms. The summed E-state index contributed by atoms with van der Waals surface area (Å²) in [7, 11) is 0. The maximum absolute atomic E-state index is 12.4. The highest BCUT2D eigenvalue weighted by atomic mass is 16.8. The van der Waals surface area contributed by atoms with E-state index in [1.165, 1.54) is 22.4 Å². The molecule has 0 amide bonds. The minimum absolute atomic E-state index is 0.0218. The van der Waals surface area contributed by atoms with Gasteiger partial charge in [0.2, 0.25) is 5.79 Å². The Bertz CT molecular complexity index is 1510. The number of fused-ring (bicyclic) bond motifs is 2. The summed E-state index contributed by atoms with van der Waals surface area (Å²) in [5, 5.41) is 23.4. The van der Waals surface area contributed by atoms with Gasteiger partial charge in [0.1, 0.15) is 11.7 Å². The fourth-order valence-electron chi connectivity index (χ4n) is 10.6. The van der Waals surface area contributed by atoms with Gasteiger partial charge in [-0.15, -0.1) is 0 Å². The summed E-state index contributed by atoms with van der Waals surface area (Å²) >= 11 is 0. The van der Waals surface area contributed by atoms with E-state index in [0.717, 1.165) is 75.5 Å². The largest absolute Gasteiger partial charge is 0.450 e. The molecule has 276 valence electrons. The highest BCUT2D eigenvalue weighted by Gasteiger charge is 2.64. The Kier molecular flexibility index (Phi) is 9.71. The van der Waals surface area contributed by atoms with Crippen LogP contribution in [0.25, 0.3) is 0 Å². The van der Waals surface area contributed by atoms with Gasteiger partial charge in [0.15, 0.2) is 5.79 Å². The van der Waals surface area contributed by atoms with Gasteiger partial charge in [-0.3, -0.25) is 4.99 Å². The summed E-state index contributed by atoms with van der Waals surface area (Å²) in [6, 6.07) is 0. The fourth-order valence-corrected chi connectivity index (χ4v) is 10.6. The first-order valence-corrected chi connectivity index (χ1v) is 19.6. The van der Waals surface area contributed by atoms with E-state index in [-0.39, 0.29) is 35.6 Å². The number of aliphatic hydroxyl groups excluding tert-OH is 1. The third-order valence-electron chi connectivity index (χ3n) is 14.0. The first kappa shape index (κ1) is 36.3. The molecule has 7 rings (SSSR count). The average Bonchev–Trinajstić information content (AvgIpc) is 3.71. The third kappa shape index (κ3) is 6.44. The maximum atomic E-state index is 12.4. The molecule has 0 aromatic rings. The minimum atomic E-state index is -1.11. The van der Waals surface area contributed by atoms with E-state index in [4.69, 9.17) is 23.9 Å². The van der Waals surface area contributed by atoms with Crippen molar-refractivity contribution in [2.45, 2.75) is 173 Å². The monoisotopic (exact) mass is 691 g/mol. The van der Waals surface area contributed by atoms with Crippen molar-refractivity contribution in [2.75, 3.05) is 6.54 Å². The van der Waals surface area contributed by atoms with E-state index in [0.29, 0.717) is 43.9 Å². The Balaban J connectivity index is 1.27. The quantitative estimate of drug-likeness (QED) is 0.213. The van der Waals surface area contributed by atoms with Crippen LogP contribution in [0.2, 0.25) is 0 Å². The number of hydrogen-bond acceptors (Lipinski definition) is 8. The van der Waals surface area contributed by atoms with E-state index >= 15 is 0 Å². The van der Waals surface area contributed by atoms with Crippen LogP contribution >= 0.6 is 0 Å². The lowest BCUT2D eigenvalue weighted by Crippen LogP contribution is -2.60. The van der Waals surface area contributed by atoms with Crippen LogP contribution in [0.5, 0.6) is 0 Å². The topological polar surface area (TPSA) is 107 Å². The van der Waals surface area contributed by atoms with Gasteiger partial charge in [0.05, 0.1) is 18.3 Å². The van der Waals surface area contributed by atoms with E-state index in [1.807, 2.05) is 13.8 Å². The molecule has 4 bridgehead atoms. The summed E-state index contributed by atoms with van der Waals surface area (Å²) in [6.07, 6.45) is 13.6. The summed E-state index contributed by atoms with van der Waals surface area (Å²) < 4.78 is 26.1. The first-order valence-electron chi connectivity index (χ1n) is 19.6. The molecule has 0 aromatic carbocycles. The molecule has 3 fully saturated rings. The van der Waals surface area contributed by atoms with Crippen molar-refractivity contribution < 1.29 is 34.0 Å². The Hall–Kier alpha value is -2.10. The standard InChI is InChI=1S/C42H61NO7/c1-25-9-8-10-36-40(23-28(4)29(5)24-43-36)15-13-33(38-27(3)21-37(45)47-38)30(6)34(40)20-26(2)35(44)22-32-12-16-41(48-32)17-18-42(50-41)39(7,46)14-11-31(19-25)49-42/h20-21,28-29,31-32,34-35,38,44,46H,1,8-19,22-24H2,2-7H3. The van der Waals surface area contributed by atoms with Gasteiger partial charge < -0.3 is 29.2 Å². The van der Waals surface area contributed by atoms with Crippen molar-refractivity contribution in [3.63, 3.8) is 0 Å². The number of aliphatic imine (C=N–C) groups is 1. The van der Waals surface area contributed by atoms with Crippen molar-refractivity contribution in [1.29, 1.82) is 0 Å². The first-order chi connectivity index (χ1) is 23.6. The number of esters is 1. The number of allylic oxidation sites excluding steroid dienone is 2. The molecule has 0 saturated carbocycles. The lowest BCUT2D eigenvalue weighted by Gasteiger charge is -2.49. The molecule has 6 aliphatic heterocycles. The van der Waals surface area contributed by atoms with E-state index in [1.54, 1.807) is 6.08 Å². The van der Waals surface area contributed by atoms with Crippen molar-refractivity contribution >= 4 is 11.7 Å². The molecule has 11 atom stereocenters. The molecule has 50 heavy (non-hydrogen) atoms. The van der Waals surface area contributed by atoms with Crippen LogP contribution in [0.3, 0.4) is 0 Å². The number of cyclic esters (lactones) is 1. The third-order valence-corrected chi connectivity index (χ3v) is 14.0. The molecule has 0 aromatic heterocycles. The highest BCUT2D eigenvalue weighted by Crippen LogP contribution is 2.56. The molecule has 7 aliphatic rings. The average molecular weight is 692 g/mol. The van der Waals surface area contributed by atoms with Crippen LogP contribution in [0, 0.1) is 23.2 Å². The second-order valence-electron chi connectivity index (χ2n) is 17.6. The van der Waals surface area contributed by atoms with Gasteiger partial charge in [-0.25, -0.2) is 4.79 Å². The van der Waals surface area contributed by atoms with Crippen LogP contribution in [0.4, 0.5) is 0 Å². The summed E-state index contributed by atoms with van der Waals surface area (Å²) in [5.41, 5.74) is 5.52. The van der Waals surface area contributed by atoms with Crippen molar-refractivity contribution in [2.24, 2.45) is 28.2 Å². The predicted molar refractivity (Wildman–Crippen MR) is 193 cm³/mol. The minimum Gasteiger partial charge on any atom is -0.450 e. The summed E-state index contributed by atoms with van der Waals surface area (Å²) in [6.45, 7) is 18.2. The summed E-state index contributed by atoms with van der Waals surface area (Å²) in [4.78, 5) is 17.8. The summed E-state index contributed by atoms with van der Waals surface area (Å²) in [5.74, 6) is -1.19. The van der Waals surface area contributed by atoms with Gasteiger partial charge in [-0.05, 0) is 120 Å². The van der Waals surface area contributed by atoms with Crippen LogP contribution in [-0.2, 0) is 23.7 Å². The van der Waals surface area contributed by atoms with E-state index in [2.05, 4.69) is 40.3 Å². The Morgan fingerprint density at radius 1 is 0.940 bits per heavy atom. The molecule has 3 saturated heterocycles. The zero-order chi connectivity index (χ0) is 35.6. The molecule has 1 aliphatic carbocycles. The van der Waals surface area contributed by atoms with Gasteiger partial charge >= 0.3 is 5.97 Å². The number of aliphatic hydroxyl groups is 2. The highest BCUT2D eigenvalue weighted by molar-refractivity contribution is 5.92.